The van der Waals surface area contributed by atoms with Gasteiger partial charge in [-0.3, -0.25) is 0 Å². The Bertz CT molecular complexity index is 341. The molecule has 1 aromatic rings. The highest BCUT2D eigenvalue weighted by Crippen LogP contribution is 2.10. The van der Waals surface area contributed by atoms with E-state index in [1.165, 1.54) is 24.3 Å². The van der Waals surface area contributed by atoms with E-state index in [9.17, 15) is 13.0 Å². The monoisotopic (exact) mass is 172 g/mol. The molecule has 4 nitrogen and oxygen atoms in total. The molecule has 0 atom stereocenters. The zero-order valence-corrected chi connectivity index (χ0v) is 6.34. The molecule has 1 radical (unpaired) electrons. The van der Waals surface area contributed by atoms with Crippen molar-refractivity contribution in [3.63, 3.8) is 0 Å². The van der Waals surface area contributed by atoms with Crippen LogP contribution in [0.4, 0.5) is 5.69 Å². The first-order valence-electron chi connectivity index (χ1n) is 2.81. The quantitative estimate of drug-likeness (QED) is 0.622. The summed E-state index contributed by atoms with van der Waals surface area (Å²) in [6.07, 6.45) is 0. The summed E-state index contributed by atoms with van der Waals surface area (Å²) in [5, 5.41) is 0. The minimum Gasteiger partial charge on any atom is -0.399 e. The second-order valence-corrected chi connectivity index (χ2v) is 3.40. The maximum Gasteiger partial charge on any atom is 0.324 e. The summed E-state index contributed by atoms with van der Waals surface area (Å²) in [6, 6.07) is 5.09. The van der Waals surface area contributed by atoms with Crippen LogP contribution in [-0.4, -0.2) is 8.42 Å². The van der Waals surface area contributed by atoms with E-state index < -0.39 is 10.1 Å². The highest BCUT2D eigenvalue weighted by atomic mass is 32.2. The molecule has 5 heteroatoms. The molecular formula is C6H6NO3S. The average molecular weight is 172 g/mol. The van der Waals surface area contributed by atoms with Gasteiger partial charge in [0.2, 0.25) is 0 Å². The molecule has 0 aliphatic rings. The van der Waals surface area contributed by atoms with Crippen molar-refractivity contribution in [2.75, 3.05) is 5.73 Å². The van der Waals surface area contributed by atoms with Crippen molar-refractivity contribution in [2.45, 2.75) is 4.90 Å². The van der Waals surface area contributed by atoms with Gasteiger partial charge in [-0.15, -0.1) is 0 Å². The first-order chi connectivity index (χ1) is 5.00. The molecule has 0 aliphatic heterocycles. The summed E-state index contributed by atoms with van der Waals surface area (Å²) in [5.41, 5.74) is 5.70. The van der Waals surface area contributed by atoms with Crippen LogP contribution in [0.5, 0.6) is 0 Å². The molecule has 11 heavy (non-hydrogen) atoms. The molecule has 0 saturated heterocycles. The van der Waals surface area contributed by atoms with Crippen molar-refractivity contribution in [3.8, 4) is 0 Å². The predicted octanol–water partition coefficient (Wildman–Crippen LogP) is 0.388. The molecule has 0 heterocycles. The minimum atomic E-state index is -4.33. The second-order valence-electron chi connectivity index (χ2n) is 2.02. The van der Waals surface area contributed by atoms with E-state index in [4.69, 9.17) is 5.73 Å². The van der Waals surface area contributed by atoms with Gasteiger partial charge in [-0.1, -0.05) is 4.55 Å². The van der Waals surface area contributed by atoms with Gasteiger partial charge in [-0.05, 0) is 24.3 Å². The number of nitrogens with two attached hydrogens (primary N) is 1. The maximum atomic E-state index is 10.3. The molecule has 2 N–H and O–H groups in total. The standard InChI is InChI=1S/C6H6NO3S/c7-5-1-3-6(4-2-5)11(8,9)10/h1-4H,7H2. The number of rotatable bonds is 1. The molecule has 59 valence electrons. The second kappa shape index (κ2) is 2.52. The van der Waals surface area contributed by atoms with E-state index in [0.717, 1.165) is 0 Å². The fraction of sp³-hybridized carbons (Fsp3) is 0. The summed E-state index contributed by atoms with van der Waals surface area (Å²) < 4.78 is 31.0. The van der Waals surface area contributed by atoms with Gasteiger partial charge < -0.3 is 5.73 Å². The molecule has 0 aliphatic carbocycles. The van der Waals surface area contributed by atoms with E-state index >= 15 is 0 Å². The Kier molecular flexibility index (Phi) is 1.84. The average Bonchev–Trinajstić information content (AvgIpc) is 1.86. The lowest BCUT2D eigenvalue weighted by molar-refractivity contribution is 0.414. The molecule has 0 bridgehead atoms. The first kappa shape index (κ1) is 8.03. The Morgan fingerprint density at radius 1 is 1.09 bits per heavy atom. The summed E-state index contributed by atoms with van der Waals surface area (Å²) in [7, 11) is -4.33. The van der Waals surface area contributed by atoms with Crippen molar-refractivity contribution in [1.82, 2.24) is 0 Å². The summed E-state index contributed by atoms with van der Waals surface area (Å²) in [6.45, 7) is 0. The third-order valence-corrected chi connectivity index (χ3v) is 2.02. The smallest absolute Gasteiger partial charge is 0.324 e. The largest absolute Gasteiger partial charge is 0.399 e. The van der Waals surface area contributed by atoms with E-state index in [0.29, 0.717) is 5.69 Å². The van der Waals surface area contributed by atoms with Crippen LogP contribution in [0.3, 0.4) is 0 Å². The molecule has 0 amide bonds. The van der Waals surface area contributed by atoms with Crippen molar-refractivity contribution in [1.29, 1.82) is 0 Å². The lowest BCUT2D eigenvalue weighted by atomic mass is 10.3. The van der Waals surface area contributed by atoms with Crippen molar-refractivity contribution in [3.05, 3.63) is 24.3 Å². The number of hydrogen-bond donors (Lipinski definition) is 1. The highest BCUT2D eigenvalue weighted by Gasteiger charge is 2.09. The van der Waals surface area contributed by atoms with Crippen molar-refractivity contribution < 1.29 is 13.0 Å². The van der Waals surface area contributed by atoms with Crippen LogP contribution >= 0.6 is 0 Å². The van der Waals surface area contributed by atoms with Gasteiger partial charge in [0.15, 0.2) is 0 Å². The molecule has 0 spiro atoms. The van der Waals surface area contributed by atoms with Gasteiger partial charge in [0.25, 0.3) is 0 Å². The van der Waals surface area contributed by atoms with Gasteiger partial charge >= 0.3 is 10.1 Å². The Hall–Kier alpha value is -1.07. The minimum absolute atomic E-state index is 0.258. The van der Waals surface area contributed by atoms with Gasteiger partial charge in [-0.2, -0.15) is 8.42 Å². The molecule has 0 unspecified atom stereocenters. The van der Waals surface area contributed by atoms with E-state index in [2.05, 4.69) is 0 Å². The zero-order chi connectivity index (χ0) is 8.48. The fourth-order valence-corrected chi connectivity index (χ4v) is 1.10. The molecule has 0 fully saturated rings. The van der Waals surface area contributed by atoms with E-state index in [1.54, 1.807) is 0 Å². The molecular weight excluding hydrogens is 166 g/mol. The van der Waals surface area contributed by atoms with E-state index in [1.807, 2.05) is 0 Å². The zero-order valence-electron chi connectivity index (χ0n) is 5.52. The van der Waals surface area contributed by atoms with Crippen LogP contribution in [0.15, 0.2) is 29.2 Å². The van der Waals surface area contributed by atoms with Crippen molar-refractivity contribution in [2.24, 2.45) is 0 Å². The van der Waals surface area contributed by atoms with Gasteiger partial charge in [-0.25, -0.2) is 0 Å². The lowest BCUT2D eigenvalue weighted by Crippen LogP contribution is -1.95. The van der Waals surface area contributed by atoms with Crippen LogP contribution in [-0.2, 0) is 14.7 Å². The number of anilines is 1. The van der Waals surface area contributed by atoms with Crippen LogP contribution in [0.25, 0.3) is 0 Å². The van der Waals surface area contributed by atoms with Crippen LogP contribution in [0, 0.1) is 0 Å². The Morgan fingerprint density at radius 3 is 1.91 bits per heavy atom. The Balaban J connectivity index is 3.20. The Labute approximate surface area is 64.4 Å². The van der Waals surface area contributed by atoms with Crippen LogP contribution < -0.4 is 5.73 Å². The predicted molar refractivity (Wildman–Crippen MR) is 38.7 cm³/mol. The number of nitrogen functional groups attached to an aromatic ring is 1. The summed E-state index contributed by atoms with van der Waals surface area (Å²) in [4.78, 5) is -0.258. The summed E-state index contributed by atoms with van der Waals surface area (Å²) in [5.74, 6) is 0. The first-order valence-corrected chi connectivity index (χ1v) is 4.22. The molecule has 1 rings (SSSR count). The van der Waals surface area contributed by atoms with Crippen LogP contribution in [0.1, 0.15) is 0 Å². The molecule has 1 aromatic carbocycles. The normalized spacial score (nSPS) is 11.4. The molecule has 0 aromatic heterocycles. The van der Waals surface area contributed by atoms with Crippen molar-refractivity contribution >= 4 is 15.8 Å². The number of hydrogen-bond acceptors (Lipinski definition) is 3. The van der Waals surface area contributed by atoms with Gasteiger partial charge in [0.05, 0.1) is 4.90 Å². The van der Waals surface area contributed by atoms with Gasteiger partial charge in [0, 0.05) is 5.69 Å². The van der Waals surface area contributed by atoms with Gasteiger partial charge in [0.1, 0.15) is 0 Å². The molecule has 0 saturated carbocycles. The fourth-order valence-electron chi connectivity index (χ4n) is 0.634. The highest BCUT2D eigenvalue weighted by molar-refractivity contribution is 7.85. The van der Waals surface area contributed by atoms with E-state index in [-0.39, 0.29) is 4.90 Å². The number of benzene rings is 1. The topological polar surface area (TPSA) is 80.1 Å². The lowest BCUT2D eigenvalue weighted by Gasteiger charge is -1.94. The Morgan fingerprint density at radius 2 is 1.55 bits per heavy atom. The summed E-state index contributed by atoms with van der Waals surface area (Å²) >= 11 is 0. The third kappa shape index (κ3) is 1.92. The van der Waals surface area contributed by atoms with Crippen LogP contribution in [0.2, 0.25) is 0 Å². The third-order valence-electron chi connectivity index (χ3n) is 1.17. The SMILES string of the molecule is Nc1ccc(S([O])(=O)=O)cc1. The maximum absolute atomic E-state index is 10.3.